The zero-order valence-electron chi connectivity index (χ0n) is 12.4. The Morgan fingerprint density at radius 2 is 2.05 bits per heavy atom. The van der Waals surface area contributed by atoms with Crippen LogP contribution in [0.15, 0.2) is 5.38 Å². The second kappa shape index (κ2) is 7.69. The quantitative estimate of drug-likeness (QED) is 0.724. The van der Waals surface area contributed by atoms with Gasteiger partial charge in [-0.2, -0.15) is 0 Å². The van der Waals surface area contributed by atoms with Crippen molar-refractivity contribution in [2.24, 2.45) is 11.1 Å². The predicted molar refractivity (Wildman–Crippen MR) is 87.7 cm³/mol. The van der Waals surface area contributed by atoms with Gasteiger partial charge >= 0.3 is 0 Å². The second-order valence-corrected chi connectivity index (χ2v) is 6.49. The zero-order chi connectivity index (χ0) is 15.2. The molecule has 0 spiro atoms. The van der Waals surface area contributed by atoms with E-state index in [0.29, 0.717) is 24.4 Å². The van der Waals surface area contributed by atoms with Gasteiger partial charge in [0.25, 0.3) is 0 Å². The molecule has 1 heterocycles. The van der Waals surface area contributed by atoms with Gasteiger partial charge < -0.3 is 11.1 Å². The summed E-state index contributed by atoms with van der Waals surface area (Å²) in [5.74, 6) is -0.0700. The predicted octanol–water partition coefficient (Wildman–Crippen LogP) is 2.94. The van der Waals surface area contributed by atoms with Crippen molar-refractivity contribution in [2.45, 2.75) is 53.0 Å². The van der Waals surface area contributed by atoms with Crippen LogP contribution in [0.3, 0.4) is 0 Å². The van der Waals surface area contributed by atoms with Crippen LogP contribution in [-0.2, 0) is 11.3 Å². The van der Waals surface area contributed by atoms with Gasteiger partial charge in [0, 0.05) is 5.38 Å². The molecular formula is C14H23N3OS2. The van der Waals surface area contributed by atoms with Crippen molar-refractivity contribution in [2.75, 3.05) is 0 Å². The monoisotopic (exact) mass is 313 g/mol. The molecule has 3 N–H and O–H groups in total. The maximum absolute atomic E-state index is 12.6. The van der Waals surface area contributed by atoms with E-state index in [1.807, 2.05) is 26.2 Å². The Hall–Kier alpha value is -1.01. The summed E-state index contributed by atoms with van der Waals surface area (Å²) in [5.41, 5.74) is 6.04. The maximum atomic E-state index is 12.6. The largest absolute Gasteiger partial charge is 0.392 e. The number of rotatable bonds is 8. The molecule has 4 nitrogen and oxygen atoms in total. The highest BCUT2D eigenvalue weighted by atomic mass is 32.1. The van der Waals surface area contributed by atoms with Crippen LogP contribution in [0.1, 0.15) is 50.2 Å². The summed E-state index contributed by atoms with van der Waals surface area (Å²) in [5, 5.41) is 5.90. The summed E-state index contributed by atoms with van der Waals surface area (Å²) >= 11 is 6.75. The maximum Gasteiger partial charge on any atom is 0.233 e. The Morgan fingerprint density at radius 1 is 1.45 bits per heavy atom. The third kappa shape index (κ3) is 3.99. The smallest absolute Gasteiger partial charge is 0.233 e. The Morgan fingerprint density at radius 3 is 2.45 bits per heavy atom. The van der Waals surface area contributed by atoms with Crippen molar-refractivity contribution in [3.8, 4) is 0 Å². The lowest BCUT2D eigenvalue weighted by atomic mass is 9.78. The van der Waals surface area contributed by atoms with Gasteiger partial charge in [-0.25, -0.2) is 4.98 Å². The minimum absolute atomic E-state index is 0.0700. The number of aromatic nitrogens is 1. The molecule has 0 radical (unpaired) electrons. The molecule has 1 aromatic rings. The van der Waals surface area contributed by atoms with Crippen molar-refractivity contribution in [1.29, 1.82) is 0 Å². The van der Waals surface area contributed by atoms with Crippen LogP contribution >= 0.6 is 23.6 Å². The molecule has 1 aromatic heterocycles. The average Bonchev–Trinajstić information content (AvgIpc) is 2.81. The van der Waals surface area contributed by atoms with Crippen molar-refractivity contribution >= 4 is 34.5 Å². The van der Waals surface area contributed by atoms with Crippen LogP contribution in [0.25, 0.3) is 0 Å². The average molecular weight is 313 g/mol. The molecular weight excluding hydrogens is 290 g/mol. The summed E-state index contributed by atoms with van der Waals surface area (Å²) in [6, 6.07) is 0. The van der Waals surface area contributed by atoms with Crippen LogP contribution in [0.5, 0.6) is 0 Å². The van der Waals surface area contributed by atoms with Crippen LogP contribution in [0, 0.1) is 12.3 Å². The Bertz CT molecular complexity index is 465. The van der Waals surface area contributed by atoms with Gasteiger partial charge in [-0.3, -0.25) is 4.79 Å². The Balaban J connectivity index is 2.79. The summed E-state index contributed by atoms with van der Waals surface area (Å²) in [4.78, 5) is 17.2. The number of amides is 1. The standard InChI is InChI=1S/C14H23N3OS2/c1-4-6-14(7-5-2,12(15)19)13(18)16-8-11-9-20-10(3)17-11/h9H,4-8H2,1-3H3,(H2,15,19)(H,16,18). The number of nitrogens with two attached hydrogens (primary N) is 1. The van der Waals surface area contributed by atoms with Crippen molar-refractivity contribution in [3.05, 3.63) is 16.1 Å². The summed E-state index contributed by atoms with van der Waals surface area (Å²) < 4.78 is 0. The first-order valence-electron chi connectivity index (χ1n) is 6.95. The molecule has 6 heteroatoms. The van der Waals surface area contributed by atoms with Gasteiger partial charge in [-0.15, -0.1) is 11.3 Å². The number of nitrogens with zero attached hydrogens (tertiary/aromatic N) is 1. The number of hydrogen-bond donors (Lipinski definition) is 2. The first kappa shape index (κ1) is 17.0. The van der Waals surface area contributed by atoms with Crippen molar-refractivity contribution in [3.63, 3.8) is 0 Å². The lowest BCUT2D eigenvalue weighted by Crippen LogP contribution is -2.48. The number of nitrogens with one attached hydrogen (secondary N) is 1. The van der Waals surface area contributed by atoms with E-state index < -0.39 is 5.41 Å². The molecule has 0 aliphatic rings. The normalized spacial score (nSPS) is 11.3. The van der Waals surface area contributed by atoms with Crippen LogP contribution in [0.4, 0.5) is 0 Å². The molecule has 112 valence electrons. The van der Waals surface area contributed by atoms with Crippen molar-refractivity contribution in [1.82, 2.24) is 10.3 Å². The van der Waals surface area contributed by atoms with Crippen molar-refractivity contribution < 1.29 is 4.79 Å². The molecule has 0 aliphatic heterocycles. The first-order valence-corrected chi connectivity index (χ1v) is 8.24. The fourth-order valence-electron chi connectivity index (χ4n) is 2.39. The summed E-state index contributed by atoms with van der Waals surface area (Å²) in [7, 11) is 0. The molecule has 0 bridgehead atoms. The van der Waals surface area contributed by atoms with Gasteiger partial charge in [-0.1, -0.05) is 38.9 Å². The zero-order valence-corrected chi connectivity index (χ0v) is 14.0. The highest BCUT2D eigenvalue weighted by Crippen LogP contribution is 2.31. The fraction of sp³-hybridized carbons (Fsp3) is 0.643. The van der Waals surface area contributed by atoms with Gasteiger partial charge in [0.15, 0.2) is 0 Å². The molecule has 0 aliphatic carbocycles. The lowest BCUT2D eigenvalue weighted by Gasteiger charge is -2.30. The molecule has 0 unspecified atom stereocenters. The molecule has 0 atom stereocenters. The SMILES string of the molecule is CCCC(CCC)(C(=O)NCc1csc(C)n1)C(N)=S. The highest BCUT2D eigenvalue weighted by molar-refractivity contribution is 7.80. The van der Waals surface area contributed by atoms with Gasteiger partial charge in [0.1, 0.15) is 0 Å². The third-order valence-corrected chi connectivity index (χ3v) is 4.57. The first-order chi connectivity index (χ1) is 9.46. The second-order valence-electron chi connectivity index (χ2n) is 4.99. The van der Waals surface area contributed by atoms with E-state index in [1.54, 1.807) is 11.3 Å². The molecule has 0 fully saturated rings. The van der Waals surface area contributed by atoms with E-state index in [9.17, 15) is 4.79 Å². The minimum atomic E-state index is -0.718. The number of carbonyl (C=O) groups excluding carboxylic acids is 1. The van der Waals surface area contributed by atoms with E-state index in [1.165, 1.54) is 0 Å². The molecule has 0 aromatic carbocycles. The van der Waals surface area contributed by atoms with Gasteiger partial charge in [0.05, 0.1) is 27.6 Å². The van der Waals surface area contributed by atoms with Gasteiger partial charge in [0.2, 0.25) is 5.91 Å². The van der Waals surface area contributed by atoms with E-state index in [-0.39, 0.29) is 5.91 Å². The third-order valence-electron chi connectivity index (χ3n) is 3.36. The van der Waals surface area contributed by atoms with E-state index in [2.05, 4.69) is 10.3 Å². The number of aryl methyl sites for hydroxylation is 1. The number of thiazole rings is 1. The number of hydrogen-bond acceptors (Lipinski definition) is 4. The number of thiocarbonyl (C=S) groups is 1. The van der Waals surface area contributed by atoms with E-state index in [4.69, 9.17) is 18.0 Å². The minimum Gasteiger partial charge on any atom is -0.392 e. The van der Waals surface area contributed by atoms with Crippen LogP contribution in [-0.4, -0.2) is 15.9 Å². The number of carbonyl (C=O) groups is 1. The molecule has 0 saturated heterocycles. The Kier molecular flexibility index (Phi) is 6.55. The highest BCUT2D eigenvalue weighted by Gasteiger charge is 2.39. The summed E-state index contributed by atoms with van der Waals surface area (Å²) in [6.07, 6.45) is 3.14. The molecule has 1 rings (SSSR count). The topological polar surface area (TPSA) is 68.0 Å². The van der Waals surface area contributed by atoms with Crippen LogP contribution in [0.2, 0.25) is 0 Å². The molecule has 20 heavy (non-hydrogen) atoms. The molecule has 0 saturated carbocycles. The lowest BCUT2D eigenvalue weighted by molar-refractivity contribution is -0.128. The molecule has 1 amide bonds. The van der Waals surface area contributed by atoms with E-state index >= 15 is 0 Å². The fourth-order valence-corrected chi connectivity index (χ4v) is 3.30. The summed E-state index contributed by atoms with van der Waals surface area (Å²) in [6.45, 7) is 6.46. The van der Waals surface area contributed by atoms with Gasteiger partial charge in [-0.05, 0) is 19.8 Å². The van der Waals surface area contributed by atoms with Crippen LogP contribution < -0.4 is 11.1 Å². The van der Waals surface area contributed by atoms with E-state index in [0.717, 1.165) is 23.5 Å². The Labute approximate surface area is 130 Å².